The minimum Gasteiger partial charge on any atom is -0.497 e. The molecule has 0 bridgehead atoms. The molecule has 0 aliphatic carbocycles. The van der Waals surface area contributed by atoms with Gasteiger partial charge in [-0.05, 0) is 35.4 Å². The maximum absolute atomic E-state index is 11.8. The number of amidine groups is 1. The average Bonchev–Trinajstić information content (AvgIpc) is 2.61. The Hall–Kier alpha value is -3.02. The van der Waals surface area contributed by atoms with Gasteiger partial charge in [-0.25, -0.2) is 4.79 Å². The summed E-state index contributed by atoms with van der Waals surface area (Å²) in [6.07, 6.45) is 0.590. The summed E-state index contributed by atoms with van der Waals surface area (Å²) in [6.45, 7) is 0. The van der Waals surface area contributed by atoms with E-state index >= 15 is 0 Å². The molecular weight excluding hydrogens is 308 g/mol. The molecule has 3 N–H and O–H groups in total. The second-order valence-electron chi connectivity index (χ2n) is 5.15. The summed E-state index contributed by atoms with van der Waals surface area (Å²) >= 11 is 0. The van der Waals surface area contributed by atoms with Crippen LogP contribution in [0.3, 0.4) is 0 Å². The van der Waals surface area contributed by atoms with Gasteiger partial charge >= 0.3 is 5.97 Å². The van der Waals surface area contributed by atoms with E-state index in [9.17, 15) is 4.79 Å². The number of rotatable bonds is 7. The lowest BCUT2D eigenvalue weighted by molar-refractivity contribution is -0.725. The summed E-state index contributed by atoms with van der Waals surface area (Å²) in [7, 11) is 3.20. The van der Waals surface area contributed by atoms with Crippen molar-refractivity contribution in [1.29, 1.82) is 0 Å². The van der Waals surface area contributed by atoms with Gasteiger partial charge in [-0.2, -0.15) is 0 Å². The Labute approximate surface area is 140 Å². The number of methoxy groups -OCH3 is 2. The molecule has 0 spiro atoms. The van der Waals surface area contributed by atoms with Crippen molar-refractivity contribution in [3.05, 3.63) is 59.7 Å². The summed E-state index contributed by atoms with van der Waals surface area (Å²) in [5.41, 5.74) is 7.65. The van der Waals surface area contributed by atoms with E-state index in [1.807, 2.05) is 36.4 Å². The highest BCUT2D eigenvalue weighted by Crippen LogP contribution is 2.12. The Balaban J connectivity index is 1.84. The number of ether oxygens (including phenoxy) is 2. The van der Waals surface area contributed by atoms with Gasteiger partial charge in [0.1, 0.15) is 11.5 Å². The average molecular weight is 329 g/mol. The summed E-state index contributed by atoms with van der Waals surface area (Å²) in [5, 5.41) is 2.49. The number of carbonyl (C=O) groups is 1. The van der Waals surface area contributed by atoms with Crippen LogP contribution in [0.25, 0.3) is 0 Å². The molecule has 2 aromatic carbocycles. The maximum atomic E-state index is 11.8. The van der Waals surface area contributed by atoms with Crippen molar-refractivity contribution in [2.75, 3.05) is 14.2 Å². The minimum absolute atomic E-state index is 0.146. The highest BCUT2D eigenvalue weighted by Gasteiger charge is 2.09. The lowest BCUT2D eigenvalue weighted by Gasteiger charge is -2.02. The molecule has 2 aromatic rings. The number of hydrogen-bond donors (Lipinski definition) is 2. The molecule has 0 saturated heterocycles. The Kier molecular flexibility index (Phi) is 6.19. The van der Waals surface area contributed by atoms with E-state index < -0.39 is 5.97 Å². The molecule has 0 amide bonds. The first-order chi connectivity index (χ1) is 11.6. The molecular formula is C18H21N2O4+. The third-order valence-corrected chi connectivity index (χ3v) is 3.36. The van der Waals surface area contributed by atoms with Crippen molar-refractivity contribution in [3.63, 3.8) is 0 Å². The molecule has 0 aromatic heterocycles. The van der Waals surface area contributed by atoms with Crippen LogP contribution in [0.4, 0.5) is 0 Å². The van der Waals surface area contributed by atoms with E-state index in [1.54, 1.807) is 26.4 Å². The summed E-state index contributed by atoms with van der Waals surface area (Å²) in [5.74, 6) is 1.44. The Bertz CT molecular complexity index is 694. The van der Waals surface area contributed by atoms with Gasteiger partial charge in [-0.3, -0.25) is 10.6 Å². The van der Waals surface area contributed by atoms with E-state index in [0.717, 1.165) is 22.6 Å². The highest BCUT2D eigenvalue weighted by atomic mass is 16.7. The second kappa shape index (κ2) is 8.57. The van der Waals surface area contributed by atoms with Crippen molar-refractivity contribution in [3.8, 4) is 11.5 Å². The van der Waals surface area contributed by atoms with Crippen LogP contribution in [0.5, 0.6) is 11.5 Å². The fraction of sp³-hybridized carbons (Fsp3) is 0.222. The third kappa shape index (κ3) is 5.31. The van der Waals surface area contributed by atoms with Crippen LogP contribution in [0, 0.1) is 0 Å². The van der Waals surface area contributed by atoms with Crippen LogP contribution in [0.1, 0.15) is 11.1 Å². The largest absolute Gasteiger partial charge is 0.497 e. The molecule has 6 nitrogen and oxygen atoms in total. The molecule has 0 unspecified atom stereocenters. The standard InChI is InChI=1S/C18H20N2O4/c1-22-15-7-3-13(4-8-15)11-17(19)20-24-18(21)12-14-5-9-16(23-2)10-6-14/h3-10H,11-12H2,1-2H3,(H2,19,20)/p+1. The van der Waals surface area contributed by atoms with Crippen LogP contribution in [0.15, 0.2) is 48.5 Å². The fourth-order valence-electron chi connectivity index (χ4n) is 2.07. The zero-order valence-electron chi connectivity index (χ0n) is 13.7. The van der Waals surface area contributed by atoms with Crippen LogP contribution in [-0.2, 0) is 22.5 Å². The topological polar surface area (TPSA) is 84.8 Å². The van der Waals surface area contributed by atoms with Crippen LogP contribution >= 0.6 is 0 Å². The predicted octanol–water partition coefficient (Wildman–Crippen LogP) is 0.385. The first-order valence-corrected chi connectivity index (χ1v) is 7.43. The van der Waals surface area contributed by atoms with E-state index in [0.29, 0.717) is 12.3 Å². The van der Waals surface area contributed by atoms with E-state index in [-0.39, 0.29) is 6.42 Å². The summed E-state index contributed by atoms with van der Waals surface area (Å²) < 4.78 is 10.2. The number of hydrogen-bond acceptors (Lipinski definition) is 4. The first kappa shape index (κ1) is 17.3. The second-order valence-corrected chi connectivity index (χ2v) is 5.15. The number of carbonyl (C=O) groups excluding carboxylic acids is 1. The molecule has 0 aliphatic heterocycles. The molecule has 126 valence electrons. The van der Waals surface area contributed by atoms with E-state index in [1.165, 1.54) is 0 Å². The van der Waals surface area contributed by atoms with Crippen molar-refractivity contribution in [2.45, 2.75) is 12.8 Å². The minimum atomic E-state index is -0.419. The van der Waals surface area contributed by atoms with Crippen LogP contribution in [-0.4, -0.2) is 26.0 Å². The lowest BCUT2D eigenvalue weighted by atomic mass is 10.1. The molecule has 2 rings (SSSR count). The summed E-state index contributed by atoms with van der Waals surface area (Å²) in [6, 6.07) is 14.7. The first-order valence-electron chi connectivity index (χ1n) is 7.43. The van der Waals surface area contributed by atoms with Crippen LogP contribution < -0.4 is 20.4 Å². The molecule has 0 heterocycles. The van der Waals surface area contributed by atoms with Gasteiger partial charge in [-0.1, -0.05) is 29.4 Å². The van der Waals surface area contributed by atoms with Gasteiger partial charge in [0.25, 0.3) is 5.84 Å². The predicted molar refractivity (Wildman–Crippen MR) is 89.6 cm³/mol. The van der Waals surface area contributed by atoms with Gasteiger partial charge < -0.3 is 9.47 Å². The van der Waals surface area contributed by atoms with Gasteiger partial charge in [0.15, 0.2) is 0 Å². The third-order valence-electron chi connectivity index (χ3n) is 3.36. The smallest absolute Gasteiger partial charge is 0.361 e. The lowest BCUT2D eigenvalue weighted by Crippen LogP contribution is -2.76. The number of nitrogens with one attached hydrogen (secondary N) is 1. The molecule has 0 fully saturated rings. The van der Waals surface area contributed by atoms with Crippen molar-refractivity contribution in [2.24, 2.45) is 5.73 Å². The molecule has 24 heavy (non-hydrogen) atoms. The number of benzene rings is 2. The molecule has 6 heteroatoms. The molecule has 0 radical (unpaired) electrons. The SMILES string of the molecule is COc1ccc(CC(=O)O[NH+]=C(N)Cc2ccc(OC)cc2)cc1. The molecule has 0 aliphatic rings. The van der Waals surface area contributed by atoms with Crippen molar-refractivity contribution >= 4 is 11.8 Å². The van der Waals surface area contributed by atoms with Gasteiger partial charge in [-0.15, -0.1) is 0 Å². The van der Waals surface area contributed by atoms with Crippen molar-refractivity contribution < 1.29 is 24.3 Å². The monoisotopic (exact) mass is 329 g/mol. The Morgan fingerprint density at radius 2 is 1.33 bits per heavy atom. The Morgan fingerprint density at radius 1 is 0.875 bits per heavy atom. The van der Waals surface area contributed by atoms with Crippen molar-refractivity contribution in [1.82, 2.24) is 0 Å². The Morgan fingerprint density at radius 3 is 1.79 bits per heavy atom. The summed E-state index contributed by atoms with van der Waals surface area (Å²) in [4.78, 5) is 16.8. The van der Waals surface area contributed by atoms with Gasteiger partial charge in [0, 0.05) is 0 Å². The van der Waals surface area contributed by atoms with Crippen LogP contribution in [0.2, 0.25) is 0 Å². The maximum Gasteiger partial charge on any atom is 0.361 e. The normalized spacial score (nSPS) is 11.0. The quantitative estimate of drug-likeness (QED) is 0.332. The van der Waals surface area contributed by atoms with Gasteiger partial charge in [0.05, 0.1) is 27.1 Å². The fourth-order valence-corrected chi connectivity index (χ4v) is 2.07. The highest BCUT2D eigenvalue weighted by molar-refractivity contribution is 5.77. The zero-order chi connectivity index (χ0) is 17.4. The van der Waals surface area contributed by atoms with Gasteiger partial charge in [0.2, 0.25) is 0 Å². The molecule has 0 atom stereocenters. The number of nitrogens with two attached hydrogens (primary N) is 1. The zero-order valence-corrected chi connectivity index (χ0v) is 13.7. The van der Waals surface area contributed by atoms with E-state index in [2.05, 4.69) is 5.16 Å². The molecule has 0 saturated carbocycles. The van der Waals surface area contributed by atoms with E-state index in [4.69, 9.17) is 20.0 Å².